The quantitative estimate of drug-likeness (QED) is 0.841. The molecule has 16 heavy (non-hydrogen) atoms. The number of hydrogen-bond donors (Lipinski definition) is 1. The highest BCUT2D eigenvalue weighted by Crippen LogP contribution is 2.16. The smallest absolute Gasteiger partial charge is 0.0426 e. The zero-order chi connectivity index (χ0) is 11.4. The molecule has 2 aromatic rings. The van der Waals surface area contributed by atoms with Crippen molar-refractivity contribution < 1.29 is 0 Å². The van der Waals surface area contributed by atoms with Crippen LogP contribution in [0.2, 0.25) is 10.0 Å². The van der Waals surface area contributed by atoms with E-state index < -0.39 is 0 Å². The number of hydrogen-bond acceptors (Lipinski definition) is 1. The van der Waals surface area contributed by atoms with Crippen LogP contribution in [0, 0.1) is 0 Å². The zero-order valence-corrected chi connectivity index (χ0v) is 10.1. The second kappa shape index (κ2) is 5.24. The molecule has 0 aliphatic rings. The van der Waals surface area contributed by atoms with E-state index in [1.54, 1.807) is 0 Å². The molecule has 0 atom stereocenters. The molecule has 0 aromatic heterocycles. The van der Waals surface area contributed by atoms with Gasteiger partial charge in [-0.25, -0.2) is 0 Å². The van der Waals surface area contributed by atoms with E-state index in [9.17, 15) is 0 Å². The fourth-order valence-corrected chi connectivity index (χ4v) is 1.85. The molecule has 0 spiro atoms. The lowest BCUT2D eigenvalue weighted by molar-refractivity contribution is 1.15. The van der Waals surface area contributed by atoms with Gasteiger partial charge >= 0.3 is 0 Å². The van der Waals surface area contributed by atoms with Crippen molar-refractivity contribution in [2.24, 2.45) is 0 Å². The van der Waals surface area contributed by atoms with Crippen molar-refractivity contribution in [1.82, 2.24) is 0 Å². The summed E-state index contributed by atoms with van der Waals surface area (Å²) in [7, 11) is 0. The predicted octanol–water partition coefficient (Wildman–Crippen LogP) is 4.61. The largest absolute Gasteiger partial charge is 0.381 e. The summed E-state index contributed by atoms with van der Waals surface area (Å²) >= 11 is 11.8. The van der Waals surface area contributed by atoms with Gasteiger partial charge in [0.1, 0.15) is 0 Å². The van der Waals surface area contributed by atoms with Gasteiger partial charge in [-0.05, 0) is 35.9 Å². The van der Waals surface area contributed by atoms with Crippen molar-refractivity contribution in [3.05, 3.63) is 64.1 Å². The monoisotopic (exact) mass is 251 g/mol. The molecule has 0 saturated carbocycles. The predicted molar refractivity (Wildman–Crippen MR) is 70.2 cm³/mol. The van der Waals surface area contributed by atoms with E-state index in [4.69, 9.17) is 23.2 Å². The summed E-state index contributed by atoms with van der Waals surface area (Å²) in [6.45, 7) is 0.737. The van der Waals surface area contributed by atoms with Crippen LogP contribution >= 0.6 is 23.2 Å². The van der Waals surface area contributed by atoms with Crippen LogP contribution in [0.3, 0.4) is 0 Å². The van der Waals surface area contributed by atoms with Gasteiger partial charge in [0.05, 0.1) is 0 Å². The van der Waals surface area contributed by atoms with Gasteiger partial charge in [0.2, 0.25) is 0 Å². The number of anilines is 1. The molecule has 82 valence electrons. The van der Waals surface area contributed by atoms with Gasteiger partial charge in [-0.3, -0.25) is 0 Å². The van der Waals surface area contributed by atoms with Gasteiger partial charge in [-0.15, -0.1) is 0 Å². The molecular weight excluding hydrogens is 241 g/mol. The lowest BCUT2D eigenvalue weighted by Crippen LogP contribution is -1.98. The maximum atomic E-state index is 5.90. The van der Waals surface area contributed by atoms with Gasteiger partial charge in [-0.1, -0.05) is 41.4 Å². The van der Waals surface area contributed by atoms with E-state index in [0.29, 0.717) is 0 Å². The lowest BCUT2D eigenvalue weighted by atomic mass is 10.2. The molecule has 0 bridgehead atoms. The summed E-state index contributed by atoms with van der Waals surface area (Å²) in [4.78, 5) is 0. The molecule has 1 nitrogen and oxygen atoms in total. The molecule has 0 amide bonds. The SMILES string of the molecule is Clc1cccc(CNc2cccc(Cl)c2)c1. The molecule has 2 aromatic carbocycles. The van der Waals surface area contributed by atoms with E-state index >= 15 is 0 Å². The fraction of sp³-hybridized carbons (Fsp3) is 0.0769. The first kappa shape index (κ1) is 11.3. The van der Waals surface area contributed by atoms with Crippen molar-refractivity contribution in [3.8, 4) is 0 Å². The average Bonchev–Trinajstić information content (AvgIpc) is 2.27. The fourth-order valence-electron chi connectivity index (χ4n) is 1.45. The maximum absolute atomic E-state index is 5.90. The van der Waals surface area contributed by atoms with Crippen LogP contribution in [0.4, 0.5) is 5.69 Å². The zero-order valence-electron chi connectivity index (χ0n) is 8.58. The standard InChI is InChI=1S/C13H11Cl2N/c14-11-4-1-3-10(7-11)9-16-13-6-2-5-12(15)8-13/h1-8,16H,9H2. The Kier molecular flexibility index (Phi) is 3.70. The van der Waals surface area contributed by atoms with E-state index in [-0.39, 0.29) is 0 Å². The Morgan fingerprint density at radius 2 is 1.56 bits per heavy atom. The van der Waals surface area contributed by atoms with Crippen LogP contribution in [-0.4, -0.2) is 0 Å². The molecule has 0 aliphatic carbocycles. The topological polar surface area (TPSA) is 12.0 Å². The van der Waals surface area contributed by atoms with Crippen LogP contribution in [-0.2, 0) is 6.54 Å². The summed E-state index contributed by atoms with van der Waals surface area (Å²) in [5.41, 5.74) is 2.15. The molecule has 0 unspecified atom stereocenters. The highest BCUT2D eigenvalue weighted by molar-refractivity contribution is 6.31. The summed E-state index contributed by atoms with van der Waals surface area (Å²) in [6, 6.07) is 15.4. The highest BCUT2D eigenvalue weighted by Gasteiger charge is 1.95. The van der Waals surface area contributed by atoms with E-state index in [2.05, 4.69) is 5.32 Å². The first-order valence-corrected chi connectivity index (χ1v) is 5.73. The Balaban J connectivity index is 2.02. The van der Waals surface area contributed by atoms with Crippen LogP contribution in [0.1, 0.15) is 5.56 Å². The third-order valence-electron chi connectivity index (χ3n) is 2.21. The van der Waals surface area contributed by atoms with E-state index in [0.717, 1.165) is 27.8 Å². The summed E-state index contributed by atoms with van der Waals surface area (Å²) in [5.74, 6) is 0. The Hall–Kier alpha value is -1.18. The van der Waals surface area contributed by atoms with Gasteiger partial charge in [0.15, 0.2) is 0 Å². The van der Waals surface area contributed by atoms with E-state index in [1.165, 1.54) is 0 Å². The third-order valence-corrected chi connectivity index (χ3v) is 2.68. The molecule has 3 heteroatoms. The molecule has 0 fully saturated rings. The second-order valence-electron chi connectivity index (χ2n) is 3.49. The van der Waals surface area contributed by atoms with Crippen LogP contribution in [0.5, 0.6) is 0 Å². The molecule has 2 rings (SSSR count). The van der Waals surface area contributed by atoms with Gasteiger partial charge in [0, 0.05) is 22.3 Å². The first-order chi connectivity index (χ1) is 7.74. The Morgan fingerprint density at radius 1 is 0.875 bits per heavy atom. The molecule has 0 saturated heterocycles. The minimum Gasteiger partial charge on any atom is -0.381 e. The molecule has 0 aliphatic heterocycles. The maximum Gasteiger partial charge on any atom is 0.0426 e. The van der Waals surface area contributed by atoms with Crippen LogP contribution in [0.25, 0.3) is 0 Å². The van der Waals surface area contributed by atoms with Crippen LogP contribution in [0.15, 0.2) is 48.5 Å². The first-order valence-electron chi connectivity index (χ1n) is 4.98. The number of benzene rings is 2. The second-order valence-corrected chi connectivity index (χ2v) is 4.37. The lowest BCUT2D eigenvalue weighted by Gasteiger charge is -2.06. The number of halogens is 2. The Bertz CT molecular complexity index is 437. The van der Waals surface area contributed by atoms with Gasteiger partial charge in [0.25, 0.3) is 0 Å². The molecular formula is C13H11Cl2N. The van der Waals surface area contributed by atoms with Gasteiger partial charge < -0.3 is 5.32 Å². The average molecular weight is 252 g/mol. The molecule has 0 heterocycles. The Morgan fingerprint density at radius 3 is 2.25 bits per heavy atom. The van der Waals surface area contributed by atoms with Crippen LogP contribution < -0.4 is 5.32 Å². The molecule has 0 radical (unpaired) electrons. The molecule has 1 N–H and O–H groups in total. The normalized spacial score (nSPS) is 10.1. The van der Waals surface area contributed by atoms with Crippen molar-refractivity contribution >= 4 is 28.9 Å². The van der Waals surface area contributed by atoms with Crippen molar-refractivity contribution in [2.45, 2.75) is 6.54 Å². The third kappa shape index (κ3) is 3.16. The Labute approximate surface area is 105 Å². The van der Waals surface area contributed by atoms with E-state index in [1.807, 2.05) is 48.5 Å². The minimum absolute atomic E-state index is 0.732. The van der Waals surface area contributed by atoms with Gasteiger partial charge in [-0.2, -0.15) is 0 Å². The van der Waals surface area contributed by atoms with Crippen molar-refractivity contribution in [3.63, 3.8) is 0 Å². The number of rotatable bonds is 3. The highest BCUT2D eigenvalue weighted by atomic mass is 35.5. The van der Waals surface area contributed by atoms with Crippen molar-refractivity contribution in [1.29, 1.82) is 0 Å². The number of nitrogens with one attached hydrogen (secondary N) is 1. The summed E-state index contributed by atoms with van der Waals surface area (Å²) < 4.78 is 0. The summed E-state index contributed by atoms with van der Waals surface area (Å²) in [5, 5.41) is 4.77. The minimum atomic E-state index is 0.732. The van der Waals surface area contributed by atoms with Crippen molar-refractivity contribution in [2.75, 3.05) is 5.32 Å². The summed E-state index contributed by atoms with van der Waals surface area (Å²) in [6.07, 6.45) is 0.